The first-order chi connectivity index (χ1) is 11.1. The summed E-state index contributed by atoms with van der Waals surface area (Å²) in [7, 11) is 0. The monoisotopic (exact) mass is 316 g/mol. The quantitative estimate of drug-likeness (QED) is 0.898. The molecule has 2 amide bonds. The number of hydrogen-bond acceptors (Lipinski definition) is 2. The molecule has 1 spiro atoms. The first-order valence-corrected chi connectivity index (χ1v) is 8.48. The van der Waals surface area contributed by atoms with Gasteiger partial charge < -0.3 is 15.3 Å². The normalized spacial score (nSPS) is 19.7. The van der Waals surface area contributed by atoms with Gasteiger partial charge in [0.15, 0.2) is 0 Å². The van der Waals surface area contributed by atoms with Crippen LogP contribution in [0.25, 0.3) is 0 Å². The Kier molecular flexibility index (Phi) is 4.55. The van der Waals surface area contributed by atoms with Crippen molar-refractivity contribution >= 4 is 12.0 Å². The lowest BCUT2D eigenvalue weighted by Crippen LogP contribution is -2.52. The summed E-state index contributed by atoms with van der Waals surface area (Å²) in [5, 5.41) is 11.9. The van der Waals surface area contributed by atoms with Crippen molar-refractivity contribution in [3.8, 4) is 0 Å². The number of nitrogens with one attached hydrogen (secondary N) is 1. The van der Waals surface area contributed by atoms with Gasteiger partial charge in [0.05, 0.1) is 5.56 Å². The number of carbonyl (C=O) groups excluding carboxylic acids is 1. The Morgan fingerprint density at radius 3 is 2.35 bits per heavy atom. The van der Waals surface area contributed by atoms with Gasteiger partial charge in [0.2, 0.25) is 0 Å². The van der Waals surface area contributed by atoms with Gasteiger partial charge in [-0.15, -0.1) is 0 Å². The second-order valence-electron chi connectivity index (χ2n) is 6.70. The SMILES string of the molecule is O=C(O)c1ccc(CNC(=O)N2CCCC23CCCCC3)cc1. The molecule has 2 N–H and O–H groups in total. The summed E-state index contributed by atoms with van der Waals surface area (Å²) in [6.45, 7) is 1.29. The van der Waals surface area contributed by atoms with Crippen LogP contribution in [0.3, 0.4) is 0 Å². The van der Waals surface area contributed by atoms with Crippen LogP contribution in [0.15, 0.2) is 24.3 Å². The highest BCUT2D eigenvalue weighted by Gasteiger charge is 2.43. The van der Waals surface area contributed by atoms with Gasteiger partial charge in [0, 0.05) is 18.6 Å². The molecule has 5 nitrogen and oxygen atoms in total. The second kappa shape index (κ2) is 6.60. The van der Waals surface area contributed by atoms with Crippen LogP contribution in [-0.2, 0) is 6.54 Å². The standard InChI is InChI=1S/C18H24N2O3/c21-16(22)15-7-5-14(6-8-15)13-19-17(23)20-12-4-11-18(20)9-2-1-3-10-18/h5-8H,1-4,9-13H2,(H,19,23)(H,21,22). The summed E-state index contributed by atoms with van der Waals surface area (Å²) >= 11 is 0. The summed E-state index contributed by atoms with van der Waals surface area (Å²) in [5.74, 6) is -0.933. The summed E-state index contributed by atoms with van der Waals surface area (Å²) in [6, 6.07) is 6.67. The molecule has 1 saturated carbocycles. The minimum absolute atomic E-state index is 0.0201. The third-order valence-electron chi connectivity index (χ3n) is 5.27. The number of rotatable bonds is 3. The topological polar surface area (TPSA) is 69.6 Å². The van der Waals surface area contributed by atoms with Crippen molar-refractivity contribution in [1.82, 2.24) is 10.2 Å². The number of amides is 2. The van der Waals surface area contributed by atoms with Crippen LogP contribution in [0.1, 0.15) is 60.9 Å². The number of urea groups is 1. The summed E-state index contributed by atoms with van der Waals surface area (Å²) < 4.78 is 0. The molecule has 5 heteroatoms. The van der Waals surface area contributed by atoms with Crippen LogP contribution in [0.5, 0.6) is 0 Å². The van der Waals surface area contributed by atoms with Crippen molar-refractivity contribution in [3.63, 3.8) is 0 Å². The minimum atomic E-state index is -0.933. The third kappa shape index (κ3) is 3.33. The van der Waals surface area contributed by atoms with E-state index in [4.69, 9.17) is 5.11 Å². The van der Waals surface area contributed by atoms with Crippen LogP contribution in [0, 0.1) is 0 Å². The zero-order chi connectivity index (χ0) is 16.3. The lowest BCUT2D eigenvalue weighted by molar-refractivity contribution is 0.0696. The highest BCUT2D eigenvalue weighted by Crippen LogP contribution is 2.41. The molecule has 3 rings (SSSR count). The fourth-order valence-corrected chi connectivity index (χ4v) is 4.02. The molecule has 0 radical (unpaired) electrons. The van der Waals surface area contributed by atoms with Gasteiger partial charge in [-0.3, -0.25) is 0 Å². The summed E-state index contributed by atoms with van der Waals surface area (Å²) in [6.07, 6.45) is 8.23. The molecule has 0 atom stereocenters. The fraction of sp³-hybridized carbons (Fsp3) is 0.556. The maximum Gasteiger partial charge on any atom is 0.335 e. The molecule has 1 aromatic carbocycles. The van der Waals surface area contributed by atoms with E-state index >= 15 is 0 Å². The van der Waals surface area contributed by atoms with Crippen LogP contribution < -0.4 is 5.32 Å². The number of carboxylic acid groups (broad SMARTS) is 1. The third-order valence-corrected chi connectivity index (χ3v) is 5.27. The van der Waals surface area contributed by atoms with E-state index in [0.29, 0.717) is 6.54 Å². The van der Waals surface area contributed by atoms with E-state index in [1.165, 1.54) is 19.3 Å². The van der Waals surface area contributed by atoms with Crippen molar-refractivity contribution in [2.45, 2.75) is 57.0 Å². The van der Waals surface area contributed by atoms with E-state index in [-0.39, 0.29) is 17.1 Å². The van der Waals surface area contributed by atoms with Crippen molar-refractivity contribution in [1.29, 1.82) is 0 Å². The molecule has 1 aliphatic carbocycles. The fourth-order valence-electron chi connectivity index (χ4n) is 4.02. The van der Waals surface area contributed by atoms with Crippen molar-refractivity contribution in [2.75, 3.05) is 6.54 Å². The summed E-state index contributed by atoms with van der Waals surface area (Å²) in [5.41, 5.74) is 1.27. The minimum Gasteiger partial charge on any atom is -0.478 e. The van der Waals surface area contributed by atoms with Crippen LogP contribution >= 0.6 is 0 Å². The van der Waals surface area contributed by atoms with Crippen LogP contribution in [0.2, 0.25) is 0 Å². The zero-order valence-corrected chi connectivity index (χ0v) is 13.4. The Balaban J connectivity index is 1.59. The smallest absolute Gasteiger partial charge is 0.335 e. The highest BCUT2D eigenvalue weighted by atomic mass is 16.4. The lowest BCUT2D eigenvalue weighted by Gasteiger charge is -2.41. The molecule has 124 valence electrons. The van der Waals surface area contributed by atoms with Gasteiger partial charge in [-0.1, -0.05) is 31.4 Å². The van der Waals surface area contributed by atoms with Crippen LogP contribution in [0.4, 0.5) is 4.79 Å². The Morgan fingerprint density at radius 2 is 1.70 bits per heavy atom. The molecule has 0 unspecified atom stereocenters. The number of carbonyl (C=O) groups is 2. The molecule has 2 aliphatic rings. The molecule has 1 aliphatic heterocycles. The van der Waals surface area contributed by atoms with Gasteiger partial charge in [0.1, 0.15) is 0 Å². The molecule has 0 bridgehead atoms. The molecular formula is C18H24N2O3. The average Bonchev–Trinajstić information content (AvgIpc) is 2.96. The summed E-state index contributed by atoms with van der Waals surface area (Å²) in [4.78, 5) is 25.5. The van der Waals surface area contributed by atoms with E-state index in [1.54, 1.807) is 24.3 Å². The van der Waals surface area contributed by atoms with E-state index in [9.17, 15) is 9.59 Å². The first kappa shape index (κ1) is 15.8. The number of likely N-dealkylation sites (tertiary alicyclic amines) is 1. The maximum atomic E-state index is 12.6. The number of benzene rings is 1. The molecule has 1 heterocycles. The molecule has 2 fully saturated rings. The molecule has 1 saturated heterocycles. The Bertz CT molecular complexity index is 576. The van der Waals surface area contributed by atoms with E-state index in [0.717, 1.165) is 37.8 Å². The van der Waals surface area contributed by atoms with Gasteiger partial charge in [-0.2, -0.15) is 0 Å². The Hall–Kier alpha value is -2.04. The number of aromatic carboxylic acids is 1. The molecule has 23 heavy (non-hydrogen) atoms. The van der Waals surface area contributed by atoms with E-state index < -0.39 is 5.97 Å². The predicted octanol–water partition coefficient (Wildman–Crippen LogP) is 3.39. The number of carboxylic acids is 1. The highest BCUT2D eigenvalue weighted by molar-refractivity contribution is 5.87. The second-order valence-corrected chi connectivity index (χ2v) is 6.70. The predicted molar refractivity (Wildman–Crippen MR) is 87.4 cm³/mol. The largest absolute Gasteiger partial charge is 0.478 e. The average molecular weight is 316 g/mol. The van der Waals surface area contributed by atoms with Crippen LogP contribution in [-0.4, -0.2) is 34.1 Å². The lowest BCUT2D eigenvalue weighted by atomic mass is 9.80. The molecule has 0 aromatic heterocycles. The first-order valence-electron chi connectivity index (χ1n) is 8.48. The maximum absolute atomic E-state index is 12.6. The van der Waals surface area contributed by atoms with Crippen molar-refractivity contribution in [2.24, 2.45) is 0 Å². The van der Waals surface area contributed by atoms with Crippen molar-refractivity contribution in [3.05, 3.63) is 35.4 Å². The molecule has 1 aromatic rings. The van der Waals surface area contributed by atoms with Crippen molar-refractivity contribution < 1.29 is 14.7 Å². The van der Waals surface area contributed by atoms with Gasteiger partial charge in [-0.05, 0) is 43.4 Å². The Labute approximate surface area is 136 Å². The van der Waals surface area contributed by atoms with E-state index in [2.05, 4.69) is 10.2 Å². The van der Waals surface area contributed by atoms with Gasteiger partial charge in [0.25, 0.3) is 0 Å². The number of hydrogen-bond donors (Lipinski definition) is 2. The van der Waals surface area contributed by atoms with Gasteiger partial charge in [-0.25, -0.2) is 9.59 Å². The Morgan fingerprint density at radius 1 is 1.04 bits per heavy atom. The number of nitrogens with zero attached hydrogens (tertiary/aromatic N) is 1. The molecular weight excluding hydrogens is 292 g/mol. The van der Waals surface area contributed by atoms with E-state index in [1.807, 2.05) is 0 Å². The van der Waals surface area contributed by atoms with Gasteiger partial charge >= 0.3 is 12.0 Å². The zero-order valence-electron chi connectivity index (χ0n) is 13.4.